The van der Waals surface area contributed by atoms with E-state index in [1.807, 2.05) is 25.3 Å². The van der Waals surface area contributed by atoms with Crippen molar-refractivity contribution in [2.75, 3.05) is 5.32 Å². The van der Waals surface area contributed by atoms with Gasteiger partial charge in [-0.15, -0.1) is 11.3 Å². The smallest absolute Gasteiger partial charge is 0.287 e. The molecule has 7 heteroatoms. The number of nitro groups is 1. The Morgan fingerprint density at radius 2 is 2.25 bits per heavy atom. The van der Waals surface area contributed by atoms with Crippen molar-refractivity contribution in [1.29, 1.82) is 5.26 Å². The van der Waals surface area contributed by atoms with Crippen LogP contribution in [0.1, 0.15) is 24.4 Å². The molecule has 1 aromatic heterocycles. The Morgan fingerprint density at radius 3 is 2.80 bits per heavy atom. The number of nitriles is 1. The Labute approximate surface area is 119 Å². The number of nitrogens with one attached hydrogen (secondary N) is 1. The predicted molar refractivity (Wildman–Crippen MR) is 76.6 cm³/mol. The largest absolute Gasteiger partial charge is 0.374 e. The lowest BCUT2D eigenvalue weighted by molar-refractivity contribution is -0.385. The van der Waals surface area contributed by atoms with Gasteiger partial charge < -0.3 is 5.32 Å². The summed E-state index contributed by atoms with van der Waals surface area (Å²) < 4.78 is 0. The van der Waals surface area contributed by atoms with Crippen LogP contribution in [0.15, 0.2) is 29.8 Å². The maximum Gasteiger partial charge on any atom is 0.287 e. The number of nitro benzene ring substituents is 1. The molecule has 0 aliphatic rings. The third-order valence-electron chi connectivity index (χ3n) is 2.74. The van der Waals surface area contributed by atoms with Crippen LogP contribution < -0.4 is 5.32 Å². The van der Waals surface area contributed by atoms with Crippen molar-refractivity contribution in [2.45, 2.75) is 19.4 Å². The minimum absolute atomic E-state index is 0.0370. The van der Waals surface area contributed by atoms with Crippen LogP contribution in [0, 0.1) is 21.4 Å². The fourth-order valence-electron chi connectivity index (χ4n) is 1.81. The topological polar surface area (TPSA) is 91.9 Å². The summed E-state index contributed by atoms with van der Waals surface area (Å²) in [5.41, 5.74) is 0.0733. The van der Waals surface area contributed by atoms with E-state index in [9.17, 15) is 10.1 Å². The molecule has 0 unspecified atom stereocenters. The second-order valence-corrected chi connectivity index (χ2v) is 5.58. The summed E-state index contributed by atoms with van der Waals surface area (Å²) in [4.78, 5) is 14.5. The quantitative estimate of drug-likeness (QED) is 0.688. The van der Waals surface area contributed by atoms with Crippen LogP contribution in [0.2, 0.25) is 0 Å². The number of hydrogen-bond acceptors (Lipinski definition) is 6. The number of hydrogen-bond donors (Lipinski definition) is 1. The zero-order valence-corrected chi connectivity index (χ0v) is 11.8. The van der Waals surface area contributed by atoms with Gasteiger partial charge in [0.25, 0.3) is 5.69 Å². The molecular weight excluding hydrogens is 276 g/mol. The van der Waals surface area contributed by atoms with Crippen LogP contribution in [0.5, 0.6) is 0 Å². The van der Waals surface area contributed by atoms with Gasteiger partial charge in [0.2, 0.25) is 0 Å². The molecule has 0 aliphatic heterocycles. The van der Waals surface area contributed by atoms with Crippen LogP contribution >= 0.6 is 11.3 Å². The number of nitrogens with zero attached hydrogens (tertiary/aromatic N) is 3. The third-order valence-corrected chi connectivity index (χ3v) is 3.83. The van der Waals surface area contributed by atoms with Gasteiger partial charge in [-0.3, -0.25) is 10.1 Å². The summed E-state index contributed by atoms with van der Waals surface area (Å²) >= 11 is 1.52. The molecule has 102 valence electrons. The Balaban J connectivity index is 2.31. The summed E-state index contributed by atoms with van der Waals surface area (Å²) in [5, 5.41) is 25.8. The standard InChI is InChI=1S/C13H12N4O2S/c1-13(2,12-15-5-6-20-12)16-10-3-4-11(17(18)19)9(7-10)8-14/h3-7,16H,1-2H3. The van der Waals surface area contributed by atoms with E-state index in [0.29, 0.717) is 5.69 Å². The predicted octanol–water partition coefficient (Wildman–Crippen LogP) is 3.27. The van der Waals surface area contributed by atoms with Crippen molar-refractivity contribution in [3.8, 4) is 6.07 Å². The van der Waals surface area contributed by atoms with Gasteiger partial charge in [-0.05, 0) is 26.0 Å². The number of rotatable bonds is 4. The van der Waals surface area contributed by atoms with Gasteiger partial charge in [-0.2, -0.15) is 5.26 Å². The molecule has 1 heterocycles. The maximum atomic E-state index is 10.8. The molecule has 0 atom stereocenters. The van der Waals surface area contributed by atoms with E-state index in [1.54, 1.807) is 12.3 Å². The SMILES string of the molecule is CC(C)(Nc1ccc([N+](=O)[O-])c(C#N)c1)c1nccs1. The van der Waals surface area contributed by atoms with Crippen molar-refractivity contribution in [2.24, 2.45) is 0 Å². The second kappa shape index (κ2) is 5.27. The minimum Gasteiger partial charge on any atom is -0.374 e. The summed E-state index contributed by atoms with van der Waals surface area (Å²) in [7, 11) is 0. The van der Waals surface area contributed by atoms with Crippen LogP contribution in [-0.2, 0) is 5.54 Å². The van der Waals surface area contributed by atoms with Crippen molar-refractivity contribution < 1.29 is 4.92 Å². The lowest BCUT2D eigenvalue weighted by Crippen LogP contribution is -2.27. The van der Waals surface area contributed by atoms with Gasteiger partial charge in [-0.25, -0.2) is 4.98 Å². The van der Waals surface area contributed by atoms with Crippen molar-refractivity contribution in [3.63, 3.8) is 0 Å². The van der Waals surface area contributed by atoms with Crippen molar-refractivity contribution in [1.82, 2.24) is 4.98 Å². The molecular formula is C13H12N4O2S. The molecule has 0 saturated heterocycles. The second-order valence-electron chi connectivity index (χ2n) is 4.69. The average molecular weight is 288 g/mol. The van der Waals surface area contributed by atoms with E-state index in [1.165, 1.54) is 23.5 Å². The van der Waals surface area contributed by atoms with E-state index in [0.717, 1.165) is 5.01 Å². The van der Waals surface area contributed by atoms with E-state index >= 15 is 0 Å². The van der Waals surface area contributed by atoms with Gasteiger partial charge in [0.1, 0.15) is 16.6 Å². The Morgan fingerprint density at radius 1 is 1.50 bits per heavy atom. The average Bonchev–Trinajstić information content (AvgIpc) is 2.92. The maximum absolute atomic E-state index is 10.8. The minimum atomic E-state index is -0.561. The molecule has 6 nitrogen and oxygen atoms in total. The van der Waals surface area contributed by atoms with Crippen LogP contribution in [0.4, 0.5) is 11.4 Å². The van der Waals surface area contributed by atoms with E-state index in [-0.39, 0.29) is 11.3 Å². The van der Waals surface area contributed by atoms with E-state index in [2.05, 4.69) is 10.3 Å². The molecule has 20 heavy (non-hydrogen) atoms. The molecule has 0 fully saturated rings. The van der Waals surface area contributed by atoms with E-state index < -0.39 is 10.5 Å². The summed E-state index contributed by atoms with van der Waals surface area (Å²) in [6.07, 6.45) is 1.72. The fourth-order valence-corrected chi connectivity index (χ4v) is 2.53. The number of benzene rings is 1. The first-order chi connectivity index (χ1) is 9.44. The first-order valence-corrected chi connectivity index (χ1v) is 6.69. The highest BCUT2D eigenvalue weighted by Gasteiger charge is 2.24. The van der Waals surface area contributed by atoms with E-state index in [4.69, 9.17) is 5.26 Å². The number of aromatic nitrogens is 1. The molecule has 0 radical (unpaired) electrons. The highest BCUT2D eigenvalue weighted by molar-refractivity contribution is 7.09. The molecule has 1 aromatic carbocycles. The molecule has 0 bridgehead atoms. The first kappa shape index (κ1) is 14.0. The highest BCUT2D eigenvalue weighted by Crippen LogP contribution is 2.29. The van der Waals surface area contributed by atoms with Crippen LogP contribution in [-0.4, -0.2) is 9.91 Å². The molecule has 2 rings (SSSR count). The molecule has 0 saturated carbocycles. The van der Waals surface area contributed by atoms with Gasteiger partial charge in [0.15, 0.2) is 0 Å². The molecule has 0 spiro atoms. The number of thiazole rings is 1. The molecule has 0 amide bonds. The lowest BCUT2D eigenvalue weighted by atomic mass is 10.1. The van der Waals surface area contributed by atoms with Gasteiger partial charge >= 0.3 is 0 Å². The van der Waals surface area contributed by atoms with Crippen LogP contribution in [0.3, 0.4) is 0 Å². The highest BCUT2D eigenvalue weighted by atomic mass is 32.1. The molecule has 1 N–H and O–H groups in total. The fraction of sp³-hybridized carbons (Fsp3) is 0.231. The van der Waals surface area contributed by atoms with Crippen LogP contribution in [0.25, 0.3) is 0 Å². The van der Waals surface area contributed by atoms with Gasteiger partial charge in [0.05, 0.1) is 10.5 Å². The first-order valence-electron chi connectivity index (χ1n) is 5.81. The monoisotopic (exact) mass is 288 g/mol. The normalized spacial score (nSPS) is 10.8. The summed E-state index contributed by atoms with van der Waals surface area (Å²) in [6.45, 7) is 3.92. The third kappa shape index (κ3) is 2.75. The zero-order chi connectivity index (χ0) is 14.8. The molecule has 0 aliphatic carbocycles. The van der Waals surface area contributed by atoms with Gasteiger partial charge in [0, 0.05) is 23.3 Å². The number of anilines is 1. The summed E-state index contributed by atoms with van der Waals surface area (Å²) in [5.74, 6) is 0. The molecule has 2 aromatic rings. The zero-order valence-electron chi connectivity index (χ0n) is 11.0. The lowest BCUT2D eigenvalue weighted by Gasteiger charge is -2.25. The van der Waals surface area contributed by atoms with Crippen molar-refractivity contribution in [3.05, 3.63) is 50.5 Å². The van der Waals surface area contributed by atoms with Gasteiger partial charge in [-0.1, -0.05) is 0 Å². The summed E-state index contributed by atoms with van der Waals surface area (Å²) in [6, 6.07) is 6.25. The Bertz CT molecular complexity index is 674. The van der Waals surface area contributed by atoms with Crippen molar-refractivity contribution >= 4 is 22.7 Å². The Hall–Kier alpha value is -2.46. The Kier molecular flexibility index (Phi) is 3.68.